The number of benzene rings is 1. The van der Waals surface area contributed by atoms with Gasteiger partial charge in [0.25, 0.3) is 11.6 Å². The summed E-state index contributed by atoms with van der Waals surface area (Å²) in [7, 11) is 0. The molecule has 1 aliphatic heterocycles. The van der Waals surface area contributed by atoms with Gasteiger partial charge in [0.1, 0.15) is 5.78 Å². The topological polar surface area (TPSA) is 80.5 Å². The summed E-state index contributed by atoms with van der Waals surface area (Å²) >= 11 is 5.83. The maximum absolute atomic E-state index is 12.4. The summed E-state index contributed by atoms with van der Waals surface area (Å²) in [6.07, 6.45) is 1.01. The van der Waals surface area contributed by atoms with Gasteiger partial charge in [0, 0.05) is 48.1 Å². The average Bonchev–Trinajstić information content (AvgIpc) is 2.46. The van der Waals surface area contributed by atoms with Gasteiger partial charge in [0.2, 0.25) is 0 Å². The van der Waals surface area contributed by atoms with Crippen molar-refractivity contribution in [2.24, 2.45) is 5.92 Å². The minimum atomic E-state index is -0.586. The van der Waals surface area contributed by atoms with Crippen molar-refractivity contribution >= 4 is 29.0 Å². The zero-order chi connectivity index (χ0) is 15.6. The maximum atomic E-state index is 12.4. The summed E-state index contributed by atoms with van der Waals surface area (Å²) < 4.78 is 0. The lowest BCUT2D eigenvalue weighted by Crippen LogP contribution is -2.43. The predicted octanol–water partition coefficient (Wildman–Crippen LogP) is 2.69. The molecule has 1 heterocycles. The Morgan fingerprint density at radius 2 is 2.19 bits per heavy atom. The minimum Gasteiger partial charge on any atom is -0.337 e. The van der Waals surface area contributed by atoms with E-state index in [4.69, 9.17) is 11.6 Å². The van der Waals surface area contributed by atoms with Crippen molar-refractivity contribution in [2.45, 2.75) is 19.8 Å². The molecule has 1 unspecified atom stereocenters. The van der Waals surface area contributed by atoms with Crippen LogP contribution in [0.1, 0.15) is 30.1 Å². The smallest absolute Gasteiger partial charge is 0.271 e. The van der Waals surface area contributed by atoms with Gasteiger partial charge in [-0.3, -0.25) is 19.7 Å². The number of piperidine rings is 1. The van der Waals surface area contributed by atoms with Crippen molar-refractivity contribution in [1.29, 1.82) is 0 Å². The van der Waals surface area contributed by atoms with Crippen LogP contribution in [0.25, 0.3) is 0 Å². The molecule has 7 heteroatoms. The van der Waals surface area contributed by atoms with Gasteiger partial charge in [-0.05, 0) is 12.5 Å². The molecule has 6 nitrogen and oxygen atoms in total. The standard InChI is InChI=1S/C14H15ClN2O4/c1-2-9-8-16(4-3-13(9)18)14(19)10-5-11(15)7-12(6-10)17(20)21/h5-7,9H,2-4,8H2,1H3. The Kier molecular flexibility index (Phi) is 4.57. The third kappa shape index (κ3) is 3.39. The molecule has 2 rings (SSSR count). The van der Waals surface area contributed by atoms with Crippen LogP contribution in [0.4, 0.5) is 5.69 Å². The van der Waals surface area contributed by atoms with E-state index in [0.717, 1.165) is 0 Å². The molecule has 0 spiro atoms. The van der Waals surface area contributed by atoms with Gasteiger partial charge in [0.15, 0.2) is 0 Å². The number of likely N-dealkylation sites (tertiary alicyclic amines) is 1. The second-order valence-corrected chi connectivity index (χ2v) is 5.46. The van der Waals surface area contributed by atoms with Crippen molar-refractivity contribution in [3.8, 4) is 0 Å². The first-order chi connectivity index (χ1) is 9.92. The predicted molar refractivity (Wildman–Crippen MR) is 77.4 cm³/mol. The molecular weight excluding hydrogens is 296 g/mol. The SMILES string of the molecule is CCC1CN(C(=O)c2cc(Cl)cc([N+](=O)[O-])c2)CCC1=O. The van der Waals surface area contributed by atoms with E-state index in [1.165, 1.54) is 18.2 Å². The van der Waals surface area contributed by atoms with Crippen molar-refractivity contribution in [1.82, 2.24) is 4.90 Å². The maximum Gasteiger partial charge on any atom is 0.271 e. The highest BCUT2D eigenvalue weighted by molar-refractivity contribution is 6.31. The molecule has 0 bridgehead atoms. The summed E-state index contributed by atoms with van der Waals surface area (Å²) in [5.74, 6) is -0.318. The summed E-state index contributed by atoms with van der Waals surface area (Å²) in [5, 5.41) is 11.0. The fraction of sp³-hybridized carbons (Fsp3) is 0.429. The summed E-state index contributed by atoms with van der Waals surface area (Å²) in [6.45, 7) is 2.60. The summed E-state index contributed by atoms with van der Waals surface area (Å²) in [6, 6.07) is 3.83. The lowest BCUT2D eigenvalue weighted by Gasteiger charge is -2.31. The number of hydrogen-bond donors (Lipinski definition) is 0. The van der Waals surface area contributed by atoms with Crippen molar-refractivity contribution in [2.75, 3.05) is 13.1 Å². The number of non-ortho nitro benzene ring substituents is 1. The van der Waals surface area contributed by atoms with Crippen LogP contribution in [0.3, 0.4) is 0 Å². The van der Waals surface area contributed by atoms with Gasteiger partial charge >= 0.3 is 0 Å². The first-order valence-electron chi connectivity index (χ1n) is 6.69. The Hall–Kier alpha value is -1.95. The van der Waals surface area contributed by atoms with E-state index in [2.05, 4.69) is 0 Å². The van der Waals surface area contributed by atoms with Gasteiger partial charge in [-0.1, -0.05) is 18.5 Å². The van der Waals surface area contributed by atoms with Gasteiger partial charge in [-0.25, -0.2) is 0 Å². The lowest BCUT2D eigenvalue weighted by molar-refractivity contribution is -0.384. The number of Topliss-reactive ketones (excluding diaryl/α,β-unsaturated/α-hetero) is 1. The monoisotopic (exact) mass is 310 g/mol. The highest BCUT2D eigenvalue weighted by Gasteiger charge is 2.29. The van der Waals surface area contributed by atoms with E-state index in [1.54, 1.807) is 4.90 Å². The molecule has 1 saturated heterocycles. The molecule has 1 amide bonds. The van der Waals surface area contributed by atoms with E-state index in [0.29, 0.717) is 25.9 Å². The molecule has 1 aromatic carbocycles. The Morgan fingerprint density at radius 3 is 2.81 bits per heavy atom. The van der Waals surface area contributed by atoms with E-state index in [1.807, 2.05) is 6.92 Å². The third-order valence-electron chi connectivity index (χ3n) is 3.64. The lowest BCUT2D eigenvalue weighted by atomic mass is 9.93. The van der Waals surface area contributed by atoms with Crippen LogP contribution in [0.15, 0.2) is 18.2 Å². The quantitative estimate of drug-likeness (QED) is 0.635. The second kappa shape index (κ2) is 6.22. The average molecular weight is 311 g/mol. The summed E-state index contributed by atoms with van der Waals surface area (Å²) in [5.41, 5.74) is -0.0376. The minimum absolute atomic E-state index is 0.146. The number of nitrogens with zero attached hydrogens (tertiary/aromatic N) is 2. The van der Waals surface area contributed by atoms with Gasteiger partial charge in [0.05, 0.1) is 4.92 Å². The molecule has 1 fully saturated rings. The van der Waals surface area contributed by atoms with E-state index >= 15 is 0 Å². The Bertz CT molecular complexity index is 603. The molecular formula is C14H15ClN2O4. The van der Waals surface area contributed by atoms with Crippen LogP contribution in [-0.2, 0) is 4.79 Å². The van der Waals surface area contributed by atoms with Crippen LogP contribution in [-0.4, -0.2) is 34.6 Å². The highest BCUT2D eigenvalue weighted by Crippen LogP contribution is 2.24. The van der Waals surface area contributed by atoms with Crippen LogP contribution in [0.5, 0.6) is 0 Å². The number of halogens is 1. The first-order valence-corrected chi connectivity index (χ1v) is 7.07. The molecule has 0 aliphatic carbocycles. The van der Waals surface area contributed by atoms with Crippen LogP contribution in [0, 0.1) is 16.0 Å². The number of rotatable bonds is 3. The molecule has 1 aliphatic rings. The molecule has 1 aromatic rings. The molecule has 0 saturated carbocycles. The number of hydrogen-bond acceptors (Lipinski definition) is 4. The number of carbonyl (C=O) groups excluding carboxylic acids is 2. The fourth-order valence-corrected chi connectivity index (χ4v) is 2.66. The number of carbonyl (C=O) groups is 2. The van der Waals surface area contributed by atoms with Crippen LogP contribution < -0.4 is 0 Å². The van der Waals surface area contributed by atoms with Crippen molar-refractivity contribution in [3.05, 3.63) is 38.9 Å². The number of amides is 1. The van der Waals surface area contributed by atoms with Gasteiger partial charge in [-0.15, -0.1) is 0 Å². The zero-order valence-corrected chi connectivity index (χ0v) is 12.3. The largest absolute Gasteiger partial charge is 0.337 e. The summed E-state index contributed by atoms with van der Waals surface area (Å²) in [4.78, 5) is 35.9. The van der Waals surface area contributed by atoms with E-state index < -0.39 is 4.92 Å². The van der Waals surface area contributed by atoms with Crippen molar-refractivity contribution in [3.63, 3.8) is 0 Å². The Morgan fingerprint density at radius 1 is 1.48 bits per heavy atom. The molecule has 21 heavy (non-hydrogen) atoms. The zero-order valence-electron chi connectivity index (χ0n) is 11.5. The normalized spacial score (nSPS) is 18.7. The molecule has 112 valence electrons. The van der Waals surface area contributed by atoms with Gasteiger partial charge in [-0.2, -0.15) is 0 Å². The number of nitro groups is 1. The van der Waals surface area contributed by atoms with E-state index in [-0.39, 0.29) is 33.9 Å². The van der Waals surface area contributed by atoms with E-state index in [9.17, 15) is 19.7 Å². The number of ketones is 1. The van der Waals surface area contributed by atoms with Gasteiger partial charge < -0.3 is 4.90 Å². The Balaban J connectivity index is 2.24. The second-order valence-electron chi connectivity index (χ2n) is 5.03. The highest BCUT2D eigenvalue weighted by atomic mass is 35.5. The number of nitro benzene ring substituents is 1. The van der Waals surface area contributed by atoms with Crippen LogP contribution >= 0.6 is 11.6 Å². The first kappa shape index (κ1) is 15.4. The molecule has 0 aromatic heterocycles. The molecule has 0 radical (unpaired) electrons. The molecule has 1 atom stereocenters. The molecule has 0 N–H and O–H groups in total. The fourth-order valence-electron chi connectivity index (χ4n) is 2.44. The van der Waals surface area contributed by atoms with Crippen molar-refractivity contribution < 1.29 is 14.5 Å². The van der Waals surface area contributed by atoms with Crippen LogP contribution in [0.2, 0.25) is 5.02 Å². The third-order valence-corrected chi connectivity index (χ3v) is 3.86. The Labute approximate surface area is 126 Å².